The first-order valence-corrected chi connectivity index (χ1v) is 10.6. The van der Waals surface area contributed by atoms with Crippen LogP contribution in [0.2, 0.25) is 0 Å². The summed E-state index contributed by atoms with van der Waals surface area (Å²) < 4.78 is 5.86. The Morgan fingerprint density at radius 1 is 1.40 bits per heavy atom. The predicted molar refractivity (Wildman–Crippen MR) is 119 cm³/mol. The lowest BCUT2D eigenvalue weighted by Crippen LogP contribution is -2.54. The number of fused-ring (bicyclic) bond motifs is 1. The van der Waals surface area contributed by atoms with E-state index in [1.807, 2.05) is 30.5 Å². The second-order valence-corrected chi connectivity index (χ2v) is 9.20. The molecule has 6 heteroatoms. The van der Waals surface area contributed by atoms with Crippen LogP contribution in [0.4, 0.5) is 0 Å². The van der Waals surface area contributed by atoms with E-state index in [9.17, 15) is 9.90 Å². The molecule has 2 aromatic rings. The van der Waals surface area contributed by atoms with E-state index < -0.39 is 6.10 Å². The third kappa shape index (κ3) is 5.35. The van der Waals surface area contributed by atoms with E-state index >= 15 is 0 Å². The number of carbonyl (C=O) groups is 1. The molecule has 1 atom stereocenters. The first-order chi connectivity index (χ1) is 14.2. The van der Waals surface area contributed by atoms with Crippen molar-refractivity contribution in [2.24, 2.45) is 5.92 Å². The molecule has 1 unspecified atom stereocenters. The van der Waals surface area contributed by atoms with Crippen molar-refractivity contribution in [1.82, 2.24) is 15.6 Å². The minimum absolute atomic E-state index is 0.126. The van der Waals surface area contributed by atoms with Crippen molar-refractivity contribution in [2.45, 2.75) is 63.6 Å². The second kappa shape index (κ2) is 9.11. The molecule has 0 bridgehead atoms. The third-order valence-corrected chi connectivity index (χ3v) is 6.44. The number of amides is 1. The summed E-state index contributed by atoms with van der Waals surface area (Å²) in [7, 11) is 0. The third-order valence-electron chi connectivity index (χ3n) is 6.44. The standard InChI is InChI=1S/C24H33N3O3/c1-5-22(29)27-24(4)12-9-17(10-13-24)23(2,3)26-15-18(28)16-30-21-8-6-7-20-19(21)11-14-25-20/h1,6-8,11,14,17-18,25-26,28H,9-10,12-13,15-16H2,2-4H3,(H,27,29). The number of aromatic nitrogens is 1. The van der Waals surface area contributed by atoms with Gasteiger partial charge in [0.05, 0.1) is 0 Å². The Morgan fingerprint density at radius 2 is 2.13 bits per heavy atom. The Balaban J connectivity index is 1.46. The molecule has 1 saturated carbocycles. The summed E-state index contributed by atoms with van der Waals surface area (Å²) in [5, 5.41) is 17.9. The molecular weight excluding hydrogens is 378 g/mol. The molecule has 1 aliphatic rings. The maximum Gasteiger partial charge on any atom is 0.296 e. The van der Waals surface area contributed by atoms with Gasteiger partial charge >= 0.3 is 0 Å². The van der Waals surface area contributed by atoms with E-state index in [1.54, 1.807) is 0 Å². The number of rotatable bonds is 8. The van der Waals surface area contributed by atoms with Gasteiger partial charge in [-0.05, 0) is 76.5 Å². The van der Waals surface area contributed by atoms with Gasteiger partial charge in [0.1, 0.15) is 18.5 Å². The normalized spacial score (nSPS) is 23.0. The zero-order valence-electron chi connectivity index (χ0n) is 18.1. The molecule has 0 spiro atoms. The van der Waals surface area contributed by atoms with Crippen LogP contribution in [0.25, 0.3) is 10.9 Å². The maximum atomic E-state index is 11.6. The number of benzene rings is 1. The SMILES string of the molecule is C#CC(=O)NC1(C)CCC(C(C)(C)NCC(O)COc2cccc3[nH]ccc23)CC1. The number of nitrogens with one attached hydrogen (secondary N) is 3. The maximum absolute atomic E-state index is 11.6. The van der Waals surface area contributed by atoms with Gasteiger partial charge in [0.25, 0.3) is 5.91 Å². The number of hydrogen-bond acceptors (Lipinski definition) is 4. The Morgan fingerprint density at radius 3 is 2.83 bits per heavy atom. The van der Waals surface area contributed by atoms with Crippen molar-refractivity contribution < 1.29 is 14.6 Å². The summed E-state index contributed by atoms with van der Waals surface area (Å²) in [5.41, 5.74) is 0.658. The van der Waals surface area contributed by atoms with Crippen LogP contribution in [0.3, 0.4) is 0 Å². The van der Waals surface area contributed by atoms with Gasteiger partial charge in [-0.15, -0.1) is 6.42 Å². The molecule has 1 aliphatic carbocycles. The summed E-state index contributed by atoms with van der Waals surface area (Å²) in [6.45, 7) is 7.10. The van der Waals surface area contributed by atoms with Gasteiger partial charge in [-0.25, -0.2) is 0 Å². The van der Waals surface area contributed by atoms with Crippen molar-refractivity contribution in [2.75, 3.05) is 13.2 Å². The number of H-pyrrole nitrogens is 1. The van der Waals surface area contributed by atoms with Crippen LogP contribution in [0.1, 0.15) is 46.5 Å². The summed E-state index contributed by atoms with van der Waals surface area (Å²) in [4.78, 5) is 14.7. The molecule has 1 fully saturated rings. The highest BCUT2D eigenvalue weighted by Gasteiger charge is 2.38. The lowest BCUT2D eigenvalue weighted by atomic mass is 9.70. The highest BCUT2D eigenvalue weighted by atomic mass is 16.5. The van der Waals surface area contributed by atoms with Crippen LogP contribution < -0.4 is 15.4 Å². The molecule has 1 heterocycles. The van der Waals surface area contributed by atoms with Crippen LogP contribution in [-0.2, 0) is 4.79 Å². The van der Waals surface area contributed by atoms with Crippen LogP contribution in [-0.4, -0.2) is 46.3 Å². The summed E-state index contributed by atoms with van der Waals surface area (Å²) in [6.07, 6.45) is 10.2. The molecule has 0 radical (unpaired) electrons. The Labute approximate surface area is 178 Å². The quantitative estimate of drug-likeness (QED) is 0.503. The number of ether oxygens (including phenoxy) is 1. The largest absolute Gasteiger partial charge is 0.490 e. The van der Waals surface area contributed by atoms with Gasteiger partial charge in [-0.2, -0.15) is 0 Å². The van der Waals surface area contributed by atoms with Crippen molar-refractivity contribution in [1.29, 1.82) is 0 Å². The van der Waals surface area contributed by atoms with E-state index in [2.05, 4.69) is 42.3 Å². The number of aliphatic hydroxyl groups is 1. The van der Waals surface area contributed by atoms with E-state index in [0.29, 0.717) is 12.5 Å². The molecule has 4 N–H and O–H groups in total. The average Bonchev–Trinajstić information content (AvgIpc) is 3.20. The number of terminal acetylenes is 1. The minimum Gasteiger partial charge on any atom is -0.490 e. The Kier molecular flexibility index (Phi) is 6.74. The number of aliphatic hydroxyl groups excluding tert-OH is 1. The van der Waals surface area contributed by atoms with Gasteiger partial charge in [-0.1, -0.05) is 6.07 Å². The topological polar surface area (TPSA) is 86.4 Å². The molecule has 3 rings (SSSR count). The number of carbonyl (C=O) groups excluding carboxylic acids is 1. The van der Waals surface area contributed by atoms with Gasteiger partial charge in [0, 0.05) is 34.7 Å². The molecule has 1 aromatic carbocycles. The van der Waals surface area contributed by atoms with Gasteiger partial charge in [0.15, 0.2) is 0 Å². The molecule has 6 nitrogen and oxygen atoms in total. The first kappa shape index (κ1) is 22.2. The van der Waals surface area contributed by atoms with Crippen LogP contribution in [0, 0.1) is 18.3 Å². The smallest absolute Gasteiger partial charge is 0.296 e. The Bertz CT molecular complexity index is 904. The summed E-state index contributed by atoms with van der Waals surface area (Å²) in [5.74, 6) is 3.02. The highest BCUT2D eigenvalue weighted by Crippen LogP contribution is 2.37. The van der Waals surface area contributed by atoms with Crippen molar-refractivity contribution >= 4 is 16.8 Å². The van der Waals surface area contributed by atoms with E-state index in [4.69, 9.17) is 11.2 Å². The lowest BCUT2D eigenvalue weighted by molar-refractivity contribution is -0.117. The van der Waals surface area contributed by atoms with Crippen LogP contribution in [0.15, 0.2) is 30.5 Å². The second-order valence-electron chi connectivity index (χ2n) is 9.20. The lowest BCUT2D eigenvalue weighted by Gasteiger charge is -2.44. The number of aromatic amines is 1. The molecule has 1 amide bonds. The van der Waals surface area contributed by atoms with E-state index in [1.165, 1.54) is 0 Å². The highest BCUT2D eigenvalue weighted by molar-refractivity contribution is 5.93. The minimum atomic E-state index is -0.609. The van der Waals surface area contributed by atoms with Crippen molar-refractivity contribution in [3.05, 3.63) is 30.5 Å². The molecule has 30 heavy (non-hydrogen) atoms. The van der Waals surface area contributed by atoms with Crippen LogP contribution in [0.5, 0.6) is 5.75 Å². The van der Waals surface area contributed by atoms with Crippen molar-refractivity contribution in [3.63, 3.8) is 0 Å². The van der Waals surface area contributed by atoms with Gasteiger partial charge in [0.2, 0.25) is 0 Å². The zero-order valence-corrected chi connectivity index (χ0v) is 18.1. The molecule has 0 aliphatic heterocycles. The average molecular weight is 412 g/mol. The molecule has 162 valence electrons. The molecule has 0 saturated heterocycles. The fourth-order valence-corrected chi connectivity index (χ4v) is 4.36. The number of hydrogen-bond donors (Lipinski definition) is 4. The summed E-state index contributed by atoms with van der Waals surface area (Å²) in [6, 6.07) is 7.82. The van der Waals surface area contributed by atoms with Crippen molar-refractivity contribution in [3.8, 4) is 18.1 Å². The molecular formula is C24H33N3O3. The monoisotopic (exact) mass is 411 g/mol. The van der Waals surface area contributed by atoms with Crippen LogP contribution >= 0.6 is 0 Å². The molecule has 1 aromatic heterocycles. The zero-order chi connectivity index (χ0) is 21.8. The summed E-state index contributed by atoms with van der Waals surface area (Å²) >= 11 is 0. The van der Waals surface area contributed by atoms with Gasteiger partial charge < -0.3 is 25.5 Å². The fourth-order valence-electron chi connectivity index (χ4n) is 4.36. The number of β-amino-alcohol motifs (C(OH)–C–C–N with tert-alkyl or cyclic N) is 1. The van der Waals surface area contributed by atoms with E-state index in [-0.39, 0.29) is 23.6 Å². The Hall–Kier alpha value is -2.49. The predicted octanol–water partition coefficient (Wildman–Crippen LogP) is 2.97. The fraction of sp³-hybridized carbons (Fsp3) is 0.542. The van der Waals surface area contributed by atoms with Gasteiger partial charge in [-0.3, -0.25) is 4.79 Å². The first-order valence-electron chi connectivity index (χ1n) is 10.6. The van der Waals surface area contributed by atoms with E-state index in [0.717, 1.165) is 42.3 Å².